The van der Waals surface area contributed by atoms with Gasteiger partial charge in [-0.15, -0.1) is 0 Å². The van der Waals surface area contributed by atoms with Crippen LogP contribution < -0.4 is 20.1 Å². The van der Waals surface area contributed by atoms with E-state index in [1.165, 1.54) is 6.26 Å². The fourth-order valence-corrected chi connectivity index (χ4v) is 5.33. The Hall–Kier alpha value is -4.86. The number of nitrogens with zero attached hydrogens (tertiary/aromatic N) is 3. The summed E-state index contributed by atoms with van der Waals surface area (Å²) >= 11 is 0. The number of amides is 1. The zero-order valence-electron chi connectivity index (χ0n) is 20.0. The molecule has 1 aliphatic heterocycles. The first kappa shape index (κ1) is 21.4. The molecule has 2 aromatic carbocycles. The summed E-state index contributed by atoms with van der Waals surface area (Å²) in [6, 6.07) is 15.4. The number of aromatic nitrogens is 4. The number of methoxy groups -OCH3 is 2. The van der Waals surface area contributed by atoms with Crippen LogP contribution in [0.4, 0.5) is 17.3 Å². The van der Waals surface area contributed by atoms with Gasteiger partial charge >= 0.3 is 0 Å². The highest BCUT2D eigenvalue weighted by atomic mass is 16.5. The normalized spacial score (nSPS) is 19.6. The van der Waals surface area contributed by atoms with E-state index < -0.39 is 5.41 Å². The van der Waals surface area contributed by atoms with Gasteiger partial charge in [0.1, 0.15) is 17.7 Å². The van der Waals surface area contributed by atoms with Crippen LogP contribution in [-0.4, -0.2) is 40.3 Å². The Morgan fingerprint density at radius 2 is 2.00 bits per heavy atom. The predicted molar refractivity (Wildman–Crippen MR) is 136 cm³/mol. The summed E-state index contributed by atoms with van der Waals surface area (Å²) < 4.78 is 16.3. The molecule has 5 aromatic rings. The third-order valence-corrected chi connectivity index (χ3v) is 7.28. The van der Waals surface area contributed by atoms with E-state index in [1.54, 1.807) is 32.5 Å². The first-order valence-corrected chi connectivity index (χ1v) is 11.8. The highest BCUT2D eigenvalue weighted by Crippen LogP contribution is 2.65. The summed E-state index contributed by atoms with van der Waals surface area (Å²) in [6.07, 6.45) is 3.82. The predicted octanol–water partition coefficient (Wildman–Crippen LogP) is 4.75. The molecule has 7 rings (SSSR count). The number of pyridine rings is 1. The standard InChI is InChI=1S/C27H22N6O4/c1-35-15-4-6-19-17(12-15)27(26(34)30-19)13-18(27)14-3-5-16-21(11-14)32-33-23(16)31-24-22(36-2)8-7-20(29-24)25-28-9-10-37-25/h3-12,18H,13H2,1-2H3,(H,30,34)(H2,29,31,32,33)/t18-,27-/m0/s1. The zero-order valence-corrected chi connectivity index (χ0v) is 20.0. The molecule has 37 heavy (non-hydrogen) atoms. The maximum absolute atomic E-state index is 13.0. The van der Waals surface area contributed by atoms with Crippen LogP contribution in [0.1, 0.15) is 23.5 Å². The molecule has 2 atom stereocenters. The van der Waals surface area contributed by atoms with E-state index in [9.17, 15) is 4.79 Å². The molecule has 2 aliphatic rings. The minimum absolute atomic E-state index is 0.0388. The number of fused-ring (bicyclic) bond motifs is 3. The van der Waals surface area contributed by atoms with Crippen molar-refractivity contribution in [3.05, 3.63) is 72.1 Å². The van der Waals surface area contributed by atoms with Crippen LogP contribution in [0.5, 0.6) is 11.5 Å². The number of nitrogens with one attached hydrogen (secondary N) is 3. The number of ether oxygens (including phenoxy) is 2. The van der Waals surface area contributed by atoms with Gasteiger partial charge in [0.05, 0.1) is 31.3 Å². The average molecular weight is 495 g/mol. The van der Waals surface area contributed by atoms with Crippen molar-refractivity contribution in [3.8, 4) is 23.1 Å². The number of oxazole rings is 1. The highest BCUT2D eigenvalue weighted by Gasteiger charge is 2.65. The van der Waals surface area contributed by atoms with E-state index in [1.807, 2.05) is 24.3 Å². The lowest BCUT2D eigenvalue weighted by Gasteiger charge is -2.11. The number of carbonyl (C=O) groups excluding carboxylic acids is 1. The Kier molecular flexibility index (Phi) is 4.53. The molecule has 1 amide bonds. The molecule has 0 saturated heterocycles. The van der Waals surface area contributed by atoms with Gasteiger partial charge in [0, 0.05) is 17.0 Å². The van der Waals surface area contributed by atoms with Crippen LogP contribution >= 0.6 is 0 Å². The monoisotopic (exact) mass is 494 g/mol. The number of hydrogen-bond donors (Lipinski definition) is 3. The first-order chi connectivity index (χ1) is 18.1. The lowest BCUT2D eigenvalue weighted by Crippen LogP contribution is -2.21. The van der Waals surface area contributed by atoms with Gasteiger partial charge in [-0.25, -0.2) is 9.97 Å². The Bertz CT molecular complexity index is 1680. The molecule has 0 unspecified atom stereocenters. The van der Waals surface area contributed by atoms with E-state index >= 15 is 0 Å². The molecule has 1 saturated carbocycles. The van der Waals surface area contributed by atoms with Crippen LogP contribution in [0.3, 0.4) is 0 Å². The van der Waals surface area contributed by atoms with E-state index in [4.69, 9.17) is 13.9 Å². The number of rotatable bonds is 6. The second kappa shape index (κ2) is 7.82. The Morgan fingerprint density at radius 3 is 2.81 bits per heavy atom. The van der Waals surface area contributed by atoms with Crippen molar-refractivity contribution in [1.82, 2.24) is 20.2 Å². The summed E-state index contributed by atoms with van der Waals surface area (Å²) in [6.45, 7) is 0. The topological polar surface area (TPSA) is 127 Å². The van der Waals surface area contributed by atoms with Gasteiger partial charge in [0.25, 0.3) is 0 Å². The molecule has 10 nitrogen and oxygen atoms in total. The van der Waals surface area contributed by atoms with Crippen molar-refractivity contribution in [2.24, 2.45) is 0 Å². The number of anilines is 3. The molecule has 0 bridgehead atoms. The molecule has 184 valence electrons. The van der Waals surface area contributed by atoms with Gasteiger partial charge in [0.15, 0.2) is 17.4 Å². The molecular formula is C27H22N6O4. The van der Waals surface area contributed by atoms with Gasteiger partial charge in [0.2, 0.25) is 11.8 Å². The summed E-state index contributed by atoms with van der Waals surface area (Å²) in [5.41, 5.74) is 3.80. The van der Waals surface area contributed by atoms with Crippen molar-refractivity contribution in [3.63, 3.8) is 0 Å². The molecule has 3 N–H and O–H groups in total. The number of hydrogen-bond acceptors (Lipinski definition) is 8. The zero-order chi connectivity index (χ0) is 25.1. The van der Waals surface area contributed by atoms with Gasteiger partial charge < -0.3 is 24.5 Å². The van der Waals surface area contributed by atoms with E-state index in [2.05, 4.69) is 42.9 Å². The van der Waals surface area contributed by atoms with Gasteiger partial charge in [-0.1, -0.05) is 6.07 Å². The Labute approximate surface area is 211 Å². The molecule has 3 aromatic heterocycles. The number of H-pyrrole nitrogens is 1. The largest absolute Gasteiger partial charge is 0.497 e. The van der Waals surface area contributed by atoms with Crippen molar-refractivity contribution < 1.29 is 18.7 Å². The fourth-order valence-electron chi connectivity index (χ4n) is 5.33. The van der Waals surface area contributed by atoms with Crippen molar-refractivity contribution >= 4 is 34.1 Å². The SMILES string of the molecule is COc1ccc2c(c1)[C@]1(C[C@H]1c1ccc3c(Nc4nc(-c5ncco5)ccc4OC)n[nH]c3c1)C(=O)N2. The second-order valence-corrected chi connectivity index (χ2v) is 9.18. The third kappa shape index (κ3) is 3.18. The van der Waals surface area contributed by atoms with E-state index in [0.717, 1.165) is 39.9 Å². The molecule has 1 aliphatic carbocycles. The number of benzene rings is 2. The molecule has 10 heteroatoms. The van der Waals surface area contributed by atoms with Crippen LogP contribution in [-0.2, 0) is 10.2 Å². The number of carbonyl (C=O) groups is 1. The van der Waals surface area contributed by atoms with Crippen LogP contribution in [0.15, 0.2) is 65.4 Å². The highest BCUT2D eigenvalue weighted by molar-refractivity contribution is 6.10. The lowest BCUT2D eigenvalue weighted by molar-refractivity contribution is -0.118. The maximum Gasteiger partial charge on any atom is 0.245 e. The minimum atomic E-state index is -0.559. The lowest BCUT2D eigenvalue weighted by atomic mass is 9.91. The fraction of sp³-hybridized carbons (Fsp3) is 0.185. The second-order valence-electron chi connectivity index (χ2n) is 9.18. The van der Waals surface area contributed by atoms with Crippen LogP contribution in [0, 0.1) is 0 Å². The van der Waals surface area contributed by atoms with Gasteiger partial charge in [-0.2, -0.15) is 5.10 Å². The number of aromatic amines is 1. The summed E-state index contributed by atoms with van der Waals surface area (Å²) in [7, 11) is 3.22. The van der Waals surface area contributed by atoms with E-state index in [0.29, 0.717) is 29.0 Å². The molecule has 0 radical (unpaired) electrons. The summed E-state index contributed by atoms with van der Waals surface area (Å²) in [5.74, 6) is 2.93. The molecule has 4 heterocycles. The molecule has 1 fully saturated rings. The minimum Gasteiger partial charge on any atom is -0.497 e. The van der Waals surface area contributed by atoms with Crippen molar-refractivity contribution in [2.45, 2.75) is 17.8 Å². The first-order valence-electron chi connectivity index (χ1n) is 11.8. The quantitative estimate of drug-likeness (QED) is 0.309. The van der Waals surface area contributed by atoms with Crippen LogP contribution in [0.25, 0.3) is 22.5 Å². The third-order valence-electron chi connectivity index (χ3n) is 7.28. The van der Waals surface area contributed by atoms with Crippen molar-refractivity contribution in [2.75, 3.05) is 24.9 Å². The Morgan fingerprint density at radius 1 is 1.08 bits per heavy atom. The van der Waals surface area contributed by atoms with Gasteiger partial charge in [-0.05, 0) is 60.0 Å². The molecule has 1 spiro atoms. The smallest absolute Gasteiger partial charge is 0.245 e. The molecular weight excluding hydrogens is 472 g/mol. The maximum atomic E-state index is 13.0. The van der Waals surface area contributed by atoms with Crippen molar-refractivity contribution in [1.29, 1.82) is 0 Å². The Balaban J connectivity index is 1.20. The van der Waals surface area contributed by atoms with Crippen LogP contribution in [0.2, 0.25) is 0 Å². The summed E-state index contributed by atoms with van der Waals surface area (Å²) in [4.78, 5) is 21.8. The van der Waals surface area contributed by atoms with Gasteiger partial charge in [-0.3, -0.25) is 9.89 Å². The van der Waals surface area contributed by atoms with E-state index in [-0.39, 0.29) is 11.8 Å². The average Bonchev–Trinajstić information content (AvgIpc) is 3.20. The summed E-state index contributed by atoms with van der Waals surface area (Å²) in [5, 5.41) is 14.8.